The predicted molar refractivity (Wildman–Crippen MR) is 81.5 cm³/mol. The Kier molecular flexibility index (Phi) is 3.01. The quantitative estimate of drug-likeness (QED) is 0.860. The first-order chi connectivity index (χ1) is 9.70. The van der Waals surface area contributed by atoms with E-state index in [-0.39, 0.29) is 17.3 Å². The first-order valence-corrected chi connectivity index (χ1v) is 6.73. The molecule has 0 radical (unpaired) electrons. The molecule has 1 aromatic carbocycles. The number of nitrogens with zero attached hydrogens (tertiary/aromatic N) is 2. The highest BCUT2D eigenvalue weighted by Gasteiger charge is 2.15. The van der Waals surface area contributed by atoms with Crippen molar-refractivity contribution in [3.05, 3.63) is 44.4 Å². The normalized spacial score (nSPS) is 14.4. The van der Waals surface area contributed by atoms with Gasteiger partial charge in [-0.05, 0) is 12.1 Å². The first-order valence-electron chi connectivity index (χ1n) is 5.92. The van der Waals surface area contributed by atoms with Crippen LogP contribution in [-0.4, -0.2) is 15.9 Å². The lowest BCUT2D eigenvalue weighted by molar-refractivity contribution is 0.423. The number of hydrogen-bond acceptors (Lipinski definition) is 4. The SMILES string of the molecule is C#CCn1c(O)c(C=C2C=Nc3ccccc32)sc1=O. The van der Waals surface area contributed by atoms with Gasteiger partial charge >= 0.3 is 4.87 Å². The summed E-state index contributed by atoms with van der Waals surface area (Å²) in [6.07, 6.45) is 8.66. The summed E-state index contributed by atoms with van der Waals surface area (Å²) in [6.45, 7) is 0.0645. The van der Waals surface area contributed by atoms with Crippen LogP contribution in [0.25, 0.3) is 11.6 Å². The van der Waals surface area contributed by atoms with Crippen LogP contribution in [0.1, 0.15) is 10.4 Å². The van der Waals surface area contributed by atoms with Crippen molar-refractivity contribution < 1.29 is 5.11 Å². The molecule has 0 fully saturated rings. The fraction of sp³-hybridized carbons (Fsp3) is 0.0667. The zero-order chi connectivity index (χ0) is 14.1. The molecule has 1 aliphatic rings. The Hall–Kier alpha value is -2.58. The van der Waals surface area contributed by atoms with Gasteiger partial charge in [-0.2, -0.15) is 0 Å². The van der Waals surface area contributed by atoms with Crippen LogP contribution in [-0.2, 0) is 6.54 Å². The lowest BCUT2D eigenvalue weighted by atomic mass is 10.1. The number of benzene rings is 1. The van der Waals surface area contributed by atoms with E-state index in [0.29, 0.717) is 4.88 Å². The summed E-state index contributed by atoms with van der Waals surface area (Å²) in [7, 11) is 0. The van der Waals surface area contributed by atoms with Gasteiger partial charge in [0.1, 0.15) is 0 Å². The number of fused-ring (bicyclic) bond motifs is 1. The Morgan fingerprint density at radius 1 is 1.45 bits per heavy atom. The number of rotatable bonds is 2. The zero-order valence-electron chi connectivity index (χ0n) is 10.4. The molecule has 0 aliphatic carbocycles. The first kappa shape index (κ1) is 12.5. The van der Waals surface area contributed by atoms with E-state index in [0.717, 1.165) is 28.2 Å². The van der Waals surface area contributed by atoms with Gasteiger partial charge in [0.2, 0.25) is 5.88 Å². The van der Waals surface area contributed by atoms with Crippen LogP contribution in [0, 0.1) is 12.3 Å². The van der Waals surface area contributed by atoms with E-state index in [2.05, 4.69) is 10.9 Å². The number of aromatic hydroxyl groups is 1. The Morgan fingerprint density at radius 2 is 2.25 bits per heavy atom. The van der Waals surface area contributed by atoms with Crippen molar-refractivity contribution in [2.24, 2.45) is 4.99 Å². The average molecular weight is 282 g/mol. The van der Waals surface area contributed by atoms with Gasteiger partial charge in [0, 0.05) is 17.4 Å². The molecule has 2 aromatic rings. The minimum atomic E-state index is -0.268. The van der Waals surface area contributed by atoms with Gasteiger partial charge < -0.3 is 5.11 Å². The molecule has 1 N–H and O–H groups in total. The van der Waals surface area contributed by atoms with Gasteiger partial charge in [-0.3, -0.25) is 14.4 Å². The fourth-order valence-electron chi connectivity index (χ4n) is 2.03. The Morgan fingerprint density at radius 3 is 3.05 bits per heavy atom. The van der Waals surface area contributed by atoms with Crippen molar-refractivity contribution in [3.8, 4) is 18.2 Å². The Labute approximate surface area is 119 Å². The van der Waals surface area contributed by atoms with Crippen molar-refractivity contribution >= 4 is 34.9 Å². The predicted octanol–water partition coefficient (Wildman–Crippen LogP) is 2.51. The van der Waals surface area contributed by atoms with Crippen LogP contribution >= 0.6 is 11.3 Å². The molecular weight excluding hydrogens is 272 g/mol. The summed E-state index contributed by atoms with van der Waals surface area (Å²) in [5.41, 5.74) is 2.73. The largest absolute Gasteiger partial charge is 0.493 e. The smallest absolute Gasteiger partial charge is 0.311 e. The van der Waals surface area contributed by atoms with Crippen LogP contribution in [0.4, 0.5) is 5.69 Å². The molecular formula is C15H10N2O2S. The molecule has 0 amide bonds. The maximum atomic E-state index is 11.7. The molecule has 0 atom stereocenters. The summed E-state index contributed by atoms with van der Waals surface area (Å²) >= 11 is 0.966. The average Bonchev–Trinajstić information content (AvgIpc) is 2.97. The van der Waals surface area contributed by atoms with Gasteiger partial charge in [-0.25, -0.2) is 0 Å². The number of allylic oxidation sites excluding steroid dienone is 1. The molecule has 4 nitrogen and oxygen atoms in total. The fourth-order valence-corrected chi connectivity index (χ4v) is 2.87. The molecule has 1 aliphatic heterocycles. The molecule has 0 saturated heterocycles. The van der Waals surface area contributed by atoms with Gasteiger partial charge in [0.05, 0.1) is 17.1 Å². The maximum Gasteiger partial charge on any atom is 0.311 e. The molecule has 98 valence electrons. The van der Waals surface area contributed by atoms with Crippen LogP contribution in [0.3, 0.4) is 0 Å². The third-order valence-electron chi connectivity index (χ3n) is 2.99. The number of thiazole rings is 1. The highest BCUT2D eigenvalue weighted by Crippen LogP contribution is 2.34. The summed E-state index contributed by atoms with van der Waals surface area (Å²) in [5.74, 6) is 2.26. The number of aromatic nitrogens is 1. The maximum absolute atomic E-state index is 11.7. The Balaban J connectivity index is 2.08. The third kappa shape index (κ3) is 1.96. The minimum absolute atomic E-state index is 0.0645. The van der Waals surface area contributed by atoms with Crippen molar-refractivity contribution in [2.75, 3.05) is 0 Å². The monoisotopic (exact) mass is 282 g/mol. The second-order valence-corrected chi connectivity index (χ2v) is 5.21. The van der Waals surface area contributed by atoms with Crippen LogP contribution in [0.5, 0.6) is 5.88 Å². The van der Waals surface area contributed by atoms with Crippen molar-refractivity contribution in [3.63, 3.8) is 0 Å². The van der Waals surface area contributed by atoms with Crippen LogP contribution < -0.4 is 4.87 Å². The van der Waals surface area contributed by atoms with Crippen molar-refractivity contribution in [1.82, 2.24) is 4.57 Å². The minimum Gasteiger partial charge on any atom is -0.493 e. The van der Waals surface area contributed by atoms with Gasteiger partial charge in [0.25, 0.3) is 0 Å². The van der Waals surface area contributed by atoms with Gasteiger partial charge in [-0.15, -0.1) is 6.42 Å². The standard InChI is InChI=1S/C15H10N2O2S/c1-2-7-17-14(18)13(20-15(17)19)8-10-9-16-12-6-4-3-5-11(10)12/h1,3-6,8-9,18H,7H2. The van der Waals surface area contributed by atoms with E-state index in [4.69, 9.17) is 6.42 Å². The van der Waals surface area contributed by atoms with E-state index in [9.17, 15) is 9.90 Å². The number of para-hydroxylation sites is 1. The van der Waals surface area contributed by atoms with Crippen LogP contribution in [0.2, 0.25) is 0 Å². The third-order valence-corrected chi connectivity index (χ3v) is 3.90. The van der Waals surface area contributed by atoms with Crippen molar-refractivity contribution in [1.29, 1.82) is 0 Å². The van der Waals surface area contributed by atoms with E-state index in [1.54, 1.807) is 12.3 Å². The lowest BCUT2D eigenvalue weighted by Gasteiger charge is -1.99. The summed E-state index contributed by atoms with van der Waals surface area (Å²) < 4.78 is 1.18. The molecule has 5 heteroatoms. The number of aliphatic imine (C=N–C) groups is 1. The molecule has 1 aromatic heterocycles. The second-order valence-electron chi connectivity index (χ2n) is 4.22. The topological polar surface area (TPSA) is 54.6 Å². The van der Waals surface area contributed by atoms with Crippen molar-refractivity contribution in [2.45, 2.75) is 6.54 Å². The van der Waals surface area contributed by atoms with E-state index in [1.165, 1.54) is 4.57 Å². The number of hydrogen-bond donors (Lipinski definition) is 1. The summed E-state index contributed by atoms with van der Waals surface area (Å²) in [6, 6.07) is 7.70. The summed E-state index contributed by atoms with van der Waals surface area (Å²) in [4.78, 5) is 16.2. The highest BCUT2D eigenvalue weighted by atomic mass is 32.1. The van der Waals surface area contributed by atoms with E-state index in [1.807, 2.05) is 24.3 Å². The molecule has 2 heterocycles. The second kappa shape index (κ2) is 4.83. The van der Waals surface area contributed by atoms with Gasteiger partial charge in [0.15, 0.2) is 0 Å². The Bertz CT molecular complexity index is 834. The van der Waals surface area contributed by atoms with E-state index >= 15 is 0 Å². The summed E-state index contributed by atoms with van der Waals surface area (Å²) in [5, 5.41) is 10.0. The highest BCUT2D eigenvalue weighted by molar-refractivity contribution is 7.10. The molecule has 0 saturated carbocycles. The van der Waals surface area contributed by atoms with Crippen LogP contribution in [0.15, 0.2) is 34.1 Å². The lowest BCUT2D eigenvalue weighted by Crippen LogP contribution is -2.10. The molecule has 0 unspecified atom stereocenters. The molecule has 20 heavy (non-hydrogen) atoms. The number of terminal acetylenes is 1. The molecule has 0 bridgehead atoms. The molecule has 3 rings (SSSR count). The zero-order valence-corrected chi connectivity index (χ0v) is 11.2. The van der Waals surface area contributed by atoms with E-state index < -0.39 is 0 Å². The molecule has 0 spiro atoms. The van der Waals surface area contributed by atoms with Gasteiger partial charge in [-0.1, -0.05) is 35.5 Å².